The highest BCUT2D eigenvalue weighted by atomic mass is 19.1. The summed E-state index contributed by atoms with van der Waals surface area (Å²) in [5, 5.41) is 17.8. The number of aliphatic hydroxyl groups excluding tert-OH is 1. The molecule has 1 saturated heterocycles. The fraction of sp³-hybridized carbons (Fsp3) is 0.545. The topological polar surface area (TPSA) is 114 Å². The van der Waals surface area contributed by atoms with E-state index in [1.165, 1.54) is 13.3 Å². The molecule has 11 heteroatoms. The van der Waals surface area contributed by atoms with E-state index in [-0.39, 0.29) is 29.5 Å². The average molecular weight is 465 g/mol. The number of ether oxygens (including phenoxy) is 3. The number of rotatable bonds is 9. The number of carbonyl (C=O) groups is 1. The smallest absolute Gasteiger partial charge is 0.492 e. The number of aromatic nitrogens is 1. The van der Waals surface area contributed by atoms with Crippen molar-refractivity contribution < 1.29 is 33.6 Å². The molecule has 1 aromatic carbocycles. The van der Waals surface area contributed by atoms with Crippen LogP contribution < -0.4 is 19.8 Å². The van der Waals surface area contributed by atoms with Crippen LogP contribution in [0.15, 0.2) is 17.1 Å². The van der Waals surface area contributed by atoms with Crippen LogP contribution in [0, 0.1) is 5.82 Å². The van der Waals surface area contributed by atoms with Gasteiger partial charge in [0.15, 0.2) is 17.3 Å². The average Bonchev–Trinajstić information content (AvgIpc) is 3.64. The second kappa shape index (κ2) is 9.94. The Labute approximate surface area is 189 Å². The summed E-state index contributed by atoms with van der Waals surface area (Å²) in [7, 11) is 1.44. The van der Waals surface area contributed by atoms with Crippen LogP contribution in [0.2, 0.25) is 0 Å². The molecule has 33 heavy (non-hydrogen) atoms. The van der Waals surface area contributed by atoms with Gasteiger partial charge < -0.3 is 33.9 Å². The van der Waals surface area contributed by atoms with Gasteiger partial charge in [-0.1, -0.05) is 0 Å². The first-order chi connectivity index (χ1) is 15.9. The Morgan fingerprint density at radius 3 is 2.55 bits per heavy atom. The Morgan fingerprint density at radius 2 is 1.94 bits per heavy atom. The molecule has 10 nitrogen and oxygen atoms in total. The van der Waals surface area contributed by atoms with Crippen molar-refractivity contribution in [2.75, 3.05) is 64.6 Å². The van der Waals surface area contributed by atoms with Gasteiger partial charge in [0, 0.05) is 38.8 Å². The van der Waals surface area contributed by atoms with Crippen molar-refractivity contribution in [1.29, 1.82) is 0 Å². The lowest BCUT2D eigenvalue weighted by Crippen LogP contribution is -2.47. The summed E-state index contributed by atoms with van der Waals surface area (Å²) in [5.74, 6) is -0.699. The molecular weight excluding hydrogens is 437 g/mol. The lowest BCUT2D eigenvalue weighted by Gasteiger charge is -2.37. The number of benzene rings is 1. The predicted octanol–water partition coefficient (Wildman–Crippen LogP) is 1.67. The van der Waals surface area contributed by atoms with Crippen LogP contribution in [0.3, 0.4) is 0 Å². The monoisotopic (exact) mass is 465 g/mol. The van der Waals surface area contributed by atoms with E-state index in [1.54, 1.807) is 4.57 Å². The minimum atomic E-state index is -1.60. The van der Waals surface area contributed by atoms with E-state index in [0.717, 1.165) is 25.5 Å². The second-order valence-corrected chi connectivity index (χ2v) is 8.13. The Hall–Kier alpha value is -2.89. The van der Waals surface area contributed by atoms with E-state index in [2.05, 4.69) is 9.64 Å². The Morgan fingerprint density at radius 1 is 1.21 bits per heavy atom. The third-order valence-electron chi connectivity index (χ3n) is 5.98. The number of aliphatic hydroxyl groups is 1. The first kappa shape index (κ1) is 23.3. The number of methoxy groups -OCH3 is 1. The van der Waals surface area contributed by atoms with E-state index in [0.29, 0.717) is 50.6 Å². The molecule has 4 rings (SSSR count). The molecule has 2 aliphatic rings. The van der Waals surface area contributed by atoms with Gasteiger partial charge in [0.1, 0.15) is 5.69 Å². The third-order valence-corrected chi connectivity index (χ3v) is 5.98. The van der Waals surface area contributed by atoms with Gasteiger partial charge in [-0.05, 0) is 18.9 Å². The van der Waals surface area contributed by atoms with E-state index >= 15 is 4.39 Å². The van der Waals surface area contributed by atoms with Gasteiger partial charge in [-0.25, -0.2) is 9.18 Å². The van der Waals surface area contributed by atoms with Crippen LogP contribution in [0.25, 0.3) is 10.9 Å². The molecule has 0 unspecified atom stereocenters. The van der Waals surface area contributed by atoms with Gasteiger partial charge in [0.25, 0.3) is 0 Å². The van der Waals surface area contributed by atoms with Crippen molar-refractivity contribution in [3.05, 3.63) is 28.3 Å². The minimum absolute atomic E-state index is 0.00926. The Balaban J connectivity index is 1.68. The van der Waals surface area contributed by atoms with E-state index < -0.39 is 17.4 Å². The van der Waals surface area contributed by atoms with Crippen molar-refractivity contribution >= 4 is 22.7 Å². The zero-order valence-electron chi connectivity index (χ0n) is 18.5. The van der Waals surface area contributed by atoms with Crippen LogP contribution >= 0.6 is 0 Å². The molecule has 0 spiro atoms. The van der Waals surface area contributed by atoms with Crippen LogP contribution in [-0.2, 0) is 4.74 Å². The number of hydrogen-bond donors (Lipinski definition) is 2. The zero-order valence-corrected chi connectivity index (χ0v) is 18.5. The van der Waals surface area contributed by atoms with E-state index in [9.17, 15) is 9.59 Å². The Kier molecular flexibility index (Phi) is 7.01. The molecule has 1 aliphatic carbocycles. The first-order valence-electron chi connectivity index (χ1n) is 11.0. The largest absolute Gasteiger partial charge is 0.511 e. The number of anilines is 1. The summed E-state index contributed by atoms with van der Waals surface area (Å²) in [5.41, 5.74) is 0.0432. The quantitative estimate of drug-likeness (QED) is 0.422. The summed E-state index contributed by atoms with van der Waals surface area (Å²) in [6.45, 7) is 4.06. The van der Waals surface area contributed by atoms with Gasteiger partial charge in [-0.15, -0.1) is 0 Å². The van der Waals surface area contributed by atoms with Crippen molar-refractivity contribution in [3.63, 3.8) is 0 Å². The third kappa shape index (κ3) is 4.90. The number of nitrogens with zero attached hydrogens (tertiary/aromatic N) is 3. The standard InChI is InChI=1S/C22H28FN3O7/c1-31-21-18-15(20(28)17(33-22(29)30)13-26(18)14-2-3-14)12-16(23)19(21)25-6-4-24(5-7-25)8-10-32-11-9-27/h12-14,27H,2-11H2,1H3,(H,29,30). The highest BCUT2D eigenvalue weighted by Gasteiger charge is 2.31. The highest BCUT2D eigenvalue weighted by Crippen LogP contribution is 2.44. The maximum absolute atomic E-state index is 15.4. The van der Waals surface area contributed by atoms with Crippen molar-refractivity contribution in [3.8, 4) is 11.5 Å². The Bertz CT molecular complexity index is 1080. The second-order valence-electron chi connectivity index (χ2n) is 8.13. The van der Waals surface area contributed by atoms with E-state index in [4.69, 9.17) is 19.7 Å². The summed E-state index contributed by atoms with van der Waals surface area (Å²) < 4.78 is 32.8. The van der Waals surface area contributed by atoms with Gasteiger partial charge in [-0.2, -0.15) is 0 Å². The highest BCUT2D eigenvalue weighted by molar-refractivity contribution is 5.92. The van der Waals surface area contributed by atoms with Gasteiger partial charge in [0.2, 0.25) is 5.43 Å². The minimum Gasteiger partial charge on any atom is -0.492 e. The number of hydrogen-bond acceptors (Lipinski definition) is 8. The van der Waals surface area contributed by atoms with Gasteiger partial charge >= 0.3 is 6.16 Å². The maximum Gasteiger partial charge on any atom is 0.511 e. The normalized spacial score (nSPS) is 16.9. The van der Waals surface area contributed by atoms with E-state index in [1.807, 2.05) is 4.90 Å². The predicted molar refractivity (Wildman–Crippen MR) is 118 cm³/mol. The fourth-order valence-electron chi connectivity index (χ4n) is 4.27. The molecular formula is C22H28FN3O7. The molecule has 2 heterocycles. The molecule has 0 radical (unpaired) electrons. The molecule has 2 N–H and O–H groups in total. The first-order valence-corrected chi connectivity index (χ1v) is 11.0. The van der Waals surface area contributed by atoms with Crippen LogP contribution in [0.4, 0.5) is 14.9 Å². The lowest BCUT2D eigenvalue weighted by molar-refractivity contribution is 0.0724. The molecule has 0 bridgehead atoms. The molecule has 1 aliphatic heterocycles. The summed E-state index contributed by atoms with van der Waals surface area (Å²) in [4.78, 5) is 28.0. The molecule has 0 atom stereocenters. The van der Waals surface area contributed by atoms with Crippen molar-refractivity contribution in [1.82, 2.24) is 9.47 Å². The zero-order chi connectivity index (χ0) is 23.5. The molecule has 1 saturated carbocycles. The molecule has 180 valence electrons. The van der Waals surface area contributed by atoms with Gasteiger partial charge in [-0.3, -0.25) is 9.69 Å². The van der Waals surface area contributed by atoms with Crippen LogP contribution in [-0.4, -0.2) is 85.5 Å². The van der Waals surface area contributed by atoms with Crippen LogP contribution in [0.1, 0.15) is 18.9 Å². The number of pyridine rings is 1. The molecule has 2 aromatic rings. The molecule has 2 fully saturated rings. The number of halogens is 1. The maximum atomic E-state index is 15.4. The number of fused-ring (bicyclic) bond motifs is 1. The molecule has 0 amide bonds. The number of piperazine rings is 1. The number of carboxylic acid groups (broad SMARTS) is 1. The van der Waals surface area contributed by atoms with Crippen LogP contribution in [0.5, 0.6) is 11.5 Å². The van der Waals surface area contributed by atoms with Gasteiger partial charge in [0.05, 0.1) is 44.0 Å². The SMILES string of the molecule is COc1c(N2CCN(CCOCCO)CC2)c(F)cc2c(=O)c(OC(=O)O)cn(C3CC3)c12. The fourth-order valence-corrected chi connectivity index (χ4v) is 4.27. The van der Waals surface area contributed by atoms with Crippen molar-refractivity contribution in [2.45, 2.75) is 18.9 Å². The molecule has 1 aromatic heterocycles. The summed E-state index contributed by atoms with van der Waals surface area (Å²) in [6.07, 6.45) is 1.50. The summed E-state index contributed by atoms with van der Waals surface area (Å²) in [6, 6.07) is 1.21. The lowest BCUT2D eigenvalue weighted by atomic mass is 10.1. The summed E-state index contributed by atoms with van der Waals surface area (Å²) >= 11 is 0. The van der Waals surface area contributed by atoms with Crippen molar-refractivity contribution in [2.24, 2.45) is 0 Å².